The van der Waals surface area contributed by atoms with E-state index in [2.05, 4.69) is 19.9 Å². The minimum Gasteiger partial charge on any atom is -0.324 e. The molecule has 0 aliphatic heterocycles. The molecule has 0 spiro atoms. The third kappa shape index (κ3) is 3.51. The summed E-state index contributed by atoms with van der Waals surface area (Å²) in [5.74, 6) is 0.507. The Labute approximate surface area is 97.6 Å². The minimum atomic E-state index is 0.0994. The second kappa shape index (κ2) is 5.53. The molecule has 2 atom stereocenters. The Morgan fingerprint density at radius 2 is 2.00 bits per heavy atom. The summed E-state index contributed by atoms with van der Waals surface area (Å²) in [4.78, 5) is 0. The first-order valence-corrected chi connectivity index (χ1v) is 5.95. The molecular formula is C13H20ClN. The molecule has 2 N–H and O–H groups in total. The Balaban J connectivity index is 2.85. The van der Waals surface area contributed by atoms with Crippen molar-refractivity contribution < 1.29 is 0 Å². The van der Waals surface area contributed by atoms with Crippen molar-refractivity contribution >= 4 is 11.6 Å². The van der Waals surface area contributed by atoms with Crippen molar-refractivity contribution in [3.05, 3.63) is 34.3 Å². The van der Waals surface area contributed by atoms with Crippen molar-refractivity contribution in [2.24, 2.45) is 11.7 Å². The lowest BCUT2D eigenvalue weighted by Gasteiger charge is -2.20. The molecule has 0 heterocycles. The molecule has 1 aromatic carbocycles. The fourth-order valence-electron chi connectivity index (χ4n) is 1.92. The molecule has 1 rings (SSSR count). The Kier molecular flexibility index (Phi) is 4.62. The van der Waals surface area contributed by atoms with Crippen LogP contribution < -0.4 is 5.73 Å². The average molecular weight is 226 g/mol. The standard InChI is InChI=1S/C13H20ClN/c1-4-5-10(3)13(15)11-6-9(2)7-12(14)8-11/h6-8,10,13H,4-5,15H2,1-3H3. The first kappa shape index (κ1) is 12.5. The van der Waals surface area contributed by atoms with Crippen LogP contribution in [0.4, 0.5) is 0 Å². The number of rotatable bonds is 4. The molecule has 2 unspecified atom stereocenters. The van der Waals surface area contributed by atoms with Crippen LogP contribution in [0.5, 0.6) is 0 Å². The van der Waals surface area contributed by atoms with Gasteiger partial charge in [-0.2, -0.15) is 0 Å². The van der Waals surface area contributed by atoms with Crippen LogP contribution in [0.2, 0.25) is 5.02 Å². The number of nitrogens with two attached hydrogens (primary N) is 1. The largest absolute Gasteiger partial charge is 0.324 e. The van der Waals surface area contributed by atoms with E-state index in [1.54, 1.807) is 0 Å². The van der Waals surface area contributed by atoms with Crippen molar-refractivity contribution in [3.63, 3.8) is 0 Å². The normalized spacial score (nSPS) is 15.0. The van der Waals surface area contributed by atoms with E-state index in [-0.39, 0.29) is 6.04 Å². The smallest absolute Gasteiger partial charge is 0.0411 e. The van der Waals surface area contributed by atoms with Crippen molar-refractivity contribution in [2.45, 2.75) is 39.7 Å². The highest BCUT2D eigenvalue weighted by Crippen LogP contribution is 2.26. The van der Waals surface area contributed by atoms with Gasteiger partial charge in [-0.05, 0) is 42.5 Å². The molecule has 0 aliphatic carbocycles. The molecule has 0 fully saturated rings. The lowest BCUT2D eigenvalue weighted by atomic mass is 9.91. The molecule has 0 aliphatic rings. The van der Waals surface area contributed by atoms with Crippen LogP contribution in [-0.2, 0) is 0 Å². The van der Waals surface area contributed by atoms with E-state index in [1.807, 2.05) is 19.1 Å². The topological polar surface area (TPSA) is 26.0 Å². The first-order chi connectivity index (χ1) is 7.04. The molecule has 15 heavy (non-hydrogen) atoms. The Bertz CT molecular complexity index is 302. The Morgan fingerprint density at radius 3 is 2.53 bits per heavy atom. The van der Waals surface area contributed by atoms with Gasteiger partial charge in [-0.25, -0.2) is 0 Å². The van der Waals surface area contributed by atoms with Crippen molar-refractivity contribution in [1.29, 1.82) is 0 Å². The average Bonchev–Trinajstić information content (AvgIpc) is 2.15. The minimum absolute atomic E-state index is 0.0994. The van der Waals surface area contributed by atoms with Gasteiger partial charge in [0.25, 0.3) is 0 Å². The summed E-state index contributed by atoms with van der Waals surface area (Å²) in [7, 11) is 0. The zero-order valence-electron chi connectivity index (χ0n) is 9.76. The number of aryl methyl sites for hydroxylation is 1. The molecule has 84 valence electrons. The monoisotopic (exact) mass is 225 g/mol. The summed E-state index contributed by atoms with van der Waals surface area (Å²) in [5, 5.41) is 0.782. The zero-order chi connectivity index (χ0) is 11.4. The Morgan fingerprint density at radius 1 is 1.33 bits per heavy atom. The molecule has 0 bridgehead atoms. The van der Waals surface area contributed by atoms with Gasteiger partial charge in [-0.15, -0.1) is 0 Å². The molecule has 0 radical (unpaired) electrons. The van der Waals surface area contributed by atoms with Gasteiger partial charge in [-0.1, -0.05) is 37.9 Å². The first-order valence-electron chi connectivity index (χ1n) is 5.57. The SMILES string of the molecule is CCCC(C)C(N)c1cc(C)cc(Cl)c1. The zero-order valence-corrected chi connectivity index (χ0v) is 10.5. The summed E-state index contributed by atoms with van der Waals surface area (Å²) in [5.41, 5.74) is 8.53. The fourth-order valence-corrected chi connectivity index (χ4v) is 2.22. The van der Waals surface area contributed by atoms with Gasteiger partial charge in [0.1, 0.15) is 0 Å². The van der Waals surface area contributed by atoms with Gasteiger partial charge in [0.2, 0.25) is 0 Å². The second-order valence-corrected chi connectivity index (χ2v) is 4.79. The lowest BCUT2D eigenvalue weighted by Crippen LogP contribution is -2.19. The fraction of sp³-hybridized carbons (Fsp3) is 0.538. The summed E-state index contributed by atoms with van der Waals surface area (Å²) >= 11 is 6.02. The maximum Gasteiger partial charge on any atom is 0.0411 e. The molecule has 1 nitrogen and oxygen atoms in total. The van der Waals surface area contributed by atoms with E-state index in [1.165, 1.54) is 12.0 Å². The van der Waals surface area contributed by atoms with E-state index in [9.17, 15) is 0 Å². The van der Waals surface area contributed by atoms with E-state index in [4.69, 9.17) is 17.3 Å². The second-order valence-electron chi connectivity index (χ2n) is 4.35. The van der Waals surface area contributed by atoms with Crippen LogP contribution in [0.1, 0.15) is 43.9 Å². The molecule has 0 saturated carbocycles. The molecule has 0 saturated heterocycles. The van der Waals surface area contributed by atoms with E-state index in [0.29, 0.717) is 5.92 Å². The molecule has 1 aromatic rings. The number of halogens is 1. The van der Waals surface area contributed by atoms with Gasteiger partial charge >= 0.3 is 0 Å². The highest BCUT2D eigenvalue weighted by molar-refractivity contribution is 6.30. The van der Waals surface area contributed by atoms with Gasteiger partial charge < -0.3 is 5.73 Å². The highest BCUT2D eigenvalue weighted by Gasteiger charge is 2.14. The Hall–Kier alpha value is -0.530. The third-order valence-corrected chi connectivity index (χ3v) is 3.02. The highest BCUT2D eigenvalue weighted by atomic mass is 35.5. The van der Waals surface area contributed by atoms with Gasteiger partial charge in [-0.3, -0.25) is 0 Å². The number of hydrogen-bond acceptors (Lipinski definition) is 1. The molecular weight excluding hydrogens is 206 g/mol. The van der Waals surface area contributed by atoms with Gasteiger partial charge in [0.15, 0.2) is 0 Å². The van der Waals surface area contributed by atoms with E-state index < -0.39 is 0 Å². The van der Waals surface area contributed by atoms with E-state index >= 15 is 0 Å². The summed E-state index contributed by atoms with van der Waals surface area (Å²) in [6.07, 6.45) is 2.33. The summed E-state index contributed by atoms with van der Waals surface area (Å²) < 4.78 is 0. The van der Waals surface area contributed by atoms with E-state index in [0.717, 1.165) is 17.0 Å². The number of hydrogen-bond donors (Lipinski definition) is 1. The van der Waals surface area contributed by atoms with Crippen LogP contribution >= 0.6 is 11.6 Å². The van der Waals surface area contributed by atoms with Crippen molar-refractivity contribution in [3.8, 4) is 0 Å². The maximum absolute atomic E-state index is 6.20. The predicted octanol–water partition coefficient (Wildman–Crippen LogP) is 4.08. The van der Waals surface area contributed by atoms with Gasteiger partial charge in [0.05, 0.1) is 0 Å². The molecule has 2 heteroatoms. The van der Waals surface area contributed by atoms with Crippen LogP contribution in [0.15, 0.2) is 18.2 Å². The predicted molar refractivity (Wildman–Crippen MR) is 67.2 cm³/mol. The van der Waals surface area contributed by atoms with Crippen molar-refractivity contribution in [1.82, 2.24) is 0 Å². The maximum atomic E-state index is 6.20. The van der Waals surface area contributed by atoms with Crippen LogP contribution in [0, 0.1) is 12.8 Å². The summed E-state index contributed by atoms with van der Waals surface area (Å²) in [6.45, 7) is 6.43. The van der Waals surface area contributed by atoms with Crippen LogP contribution in [0.25, 0.3) is 0 Å². The summed E-state index contributed by atoms with van der Waals surface area (Å²) in [6, 6.07) is 6.17. The van der Waals surface area contributed by atoms with Crippen LogP contribution in [0.3, 0.4) is 0 Å². The quantitative estimate of drug-likeness (QED) is 0.821. The molecule has 0 aromatic heterocycles. The lowest BCUT2D eigenvalue weighted by molar-refractivity contribution is 0.433. The van der Waals surface area contributed by atoms with Gasteiger partial charge in [0, 0.05) is 11.1 Å². The van der Waals surface area contributed by atoms with Crippen LogP contribution in [-0.4, -0.2) is 0 Å². The molecule has 0 amide bonds. The third-order valence-electron chi connectivity index (χ3n) is 2.81. The number of benzene rings is 1. The van der Waals surface area contributed by atoms with Crippen molar-refractivity contribution in [2.75, 3.05) is 0 Å².